The highest BCUT2D eigenvalue weighted by atomic mass is 16.2. The molecular weight excluding hydrogens is 314 g/mol. The molecule has 0 unspecified atom stereocenters. The van der Waals surface area contributed by atoms with Crippen molar-refractivity contribution in [3.8, 4) is 11.3 Å². The lowest BCUT2D eigenvalue weighted by molar-refractivity contribution is -0.131. The summed E-state index contributed by atoms with van der Waals surface area (Å²) in [6.45, 7) is 0.171. The van der Waals surface area contributed by atoms with Crippen LogP contribution >= 0.6 is 0 Å². The van der Waals surface area contributed by atoms with E-state index in [1.807, 2.05) is 59.2 Å². The van der Waals surface area contributed by atoms with E-state index in [0.29, 0.717) is 0 Å². The van der Waals surface area contributed by atoms with E-state index >= 15 is 0 Å². The van der Waals surface area contributed by atoms with Gasteiger partial charge in [0, 0.05) is 30.7 Å². The van der Waals surface area contributed by atoms with Crippen LogP contribution in [-0.2, 0) is 16.1 Å². The third kappa shape index (κ3) is 3.71. The number of hydrogen-bond donors (Lipinski definition) is 1. The quantitative estimate of drug-likeness (QED) is 0.779. The second-order valence-electron chi connectivity index (χ2n) is 6.11. The van der Waals surface area contributed by atoms with E-state index in [4.69, 9.17) is 0 Å². The molecule has 1 heterocycles. The Morgan fingerprint density at radius 3 is 2.40 bits per heavy atom. The minimum absolute atomic E-state index is 0.00566. The molecule has 0 aliphatic carbocycles. The first kappa shape index (κ1) is 16.8. The Kier molecular flexibility index (Phi) is 4.84. The number of hydrogen-bond acceptors (Lipinski definition) is 2. The molecule has 25 heavy (non-hydrogen) atoms. The predicted octanol–water partition coefficient (Wildman–Crippen LogP) is 2.51. The SMILES string of the molecule is CN(C)C(=O)CNC(=O)Cn1c(-c2ccccc2)cc2ccccc21. The van der Waals surface area contributed by atoms with Gasteiger partial charge in [-0.1, -0.05) is 48.5 Å². The topological polar surface area (TPSA) is 54.3 Å². The Morgan fingerprint density at radius 2 is 1.68 bits per heavy atom. The number of carbonyl (C=O) groups is 2. The summed E-state index contributed by atoms with van der Waals surface area (Å²) in [5.41, 5.74) is 3.03. The molecule has 2 amide bonds. The number of rotatable bonds is 5. The van der Waals surface area contributed by atoms with Crippen LogP contribution in [0, 0.1) is 0 Å². The predicted molar refractivity (Wildman–Crippen MR) is 99.1 cm³/mol. The number of fused-ring (bicyclic) bond motifs is 1. The van der Waals surface area contributed by atoms with Crippen LogP contribution in [0.2, 0.25) is 0 Å². The first-order chi connectivity index (χ1) is 12.1. The van der Waals surface area contributed by atoms with Gasteiger partial charge in [-0.2, -0.15) is 0 Å². The van der Waals surface area contributed by atoms with Crippen molar-refractivity contribution in [2.45, 2.75) is 6.54 Å². The molecule has 1 N–H and O–H groups in total. The van der Waals surface area contributed by atoms with E-state index in [-0.39, 0.29) is 24.9 Å². The van der Waals surface area contributed by atoms with Crippen LogP contribution in [0.1, 0.15) is 0 Å². The molecular formula is C20H21N3O2. The van der Waals surface area contributed by atoms with E-state index < -0.39 is 0 Å². The number of amides is 2. The highest BCUT2D eigenvalue weighted by Gasteiger charge is 2.14. The van der Waals surface area contributed by atoms with Crippen LogP contribution < -0.4 is 5.32 Å². The van der Waals surface area contributed by atoms with Crippen LogP contribution in [-0.4, -0.2) is 41.9 Å². The van der Waals surface area contributed by atoms with Crippen molar-refractivity contribution in [3.05, 3.63) is 60.7 Å². The van der Waals surface area contributed by atoms with Crippen LogP contribution in [0.4, 0.5) is 0 Å². The Hall–Kier alpha value is -3.08. The number of nitrogens with one attached hydrogen (secondary N) is 1. The summed E-state index contributed by atoms with van der Waals surface area (Å²) in [5, 5.41) is 3.78. The van der Waals surface area contributed by atoms with Gasteiger partial charge in [0.05, 0.1) is 6.54 Å². The third-order valence-corrected chi connectivity index (χ3v) is 4.12. The van der Waals surface area contributed by atoms with E-state index in [0.717, 1.165) is 22.2 Å². The maximum absolute atomic E-state index is 12.4. The number of benzene rings is 2. The highest BCUT2D eigenvalue weighted by Crippen LogP contribution is 2.28. The molecule has 0 bridgehead atoms. The Morgan fingerprint density at radius 1 is 1.00 bits per heavy atom. The summed E-state index contributed by atoms with van der Waals surface area (Å²) in [4.78, 5) is 25.5. The van der Waals surface area contributed by atoms with Crippen LogP contribution in [0.25, 0.3) is 22.2 Å². The molecule has 0 saturated heterocycles. The fourth-order valence-corrected chi connectivity index (χ4v) is 2.76. The van der Waals surface area contributed by atoms with Gasteiger partial charge in [-0.25, -0.2) is 0 Å². The first-order valence-electron chi connectivity index (χ1n) is 8.17. The fraction of sp³-hybridized carbons (Fsp3) is 0.200. The average Bonchev–Trinajstić information content (AvgIpc) is 2.99. The van der Waals surface area contributed by atoms with Crippen molar-refractivity contribution in [2.75, 3.05) is 20.6 Å². The fourth-order valence-electron chi connectivity index (χ4n) is 2.76. The molecule has 128 valence electrons. The summed E-state index contributed by atoms with van der Waals surface area (Å²) < 4.78 is 1.99. The van der Waals surface area contributed by atoms with Crippen LogP contribution in [0.5, 0.6) is 0 Å². The molecule has 3 rings (SSSR count). The maximum atomic E-state index is 12.4. The molecule has 0 aliphatic rings. The molecule has 3 aromatic rings. The van der Waals surface area contributed by atoms with Gasteiger partial charge in [0.15, 0.2) is 0 Å². The summed E-state index contributed by atoms with van der Waals surface area (Å²) in [6.07, 6.45) is 0. The first-order valence-corrected chi connectivity index (χ1v) is 8.17. The molecule has 2 aromatic carbocycles. The van der Waals surface area contributed by atoms with Crippen LogP contribution in [0.3, 0.4) is 0 Å². The minimum atomic E-state index is -0.186. The standard InChI is InChI=1S/C20H21N3O2/c1-22(2)20(25)13-21-19(24)14-23-17-11-7-6-10-16(17)12-18(23)15-8-4-3-5-9-15/h3-12H,13-14H2,1-2H3,(H,21,24). The normalized spacial score (nSPS) is 10.6. The van der Waals surface area contributed by atoms with Gasteiger partial charge in [0.2, 0.25) is 11.8 Å². The molecule has 5 heteroatoms. The lowest BCUT2D eigenvalue weighted by Crippen LogP contribution is -2.37. The monoisotopic (exact) mass is 335 g/mol. The highest BCUT2D eigenvalue weighted by molar-refractivity contribution is 5.90. The number of carbonyl (C=O) groups excluding carboxylic acids is 2. The lowest BCUT2D eigenvalue weighted by Gasteiger charge is -2.13. The molecule has 0 saturated carbocycles. The van der Waals surface area contributed by atoms with E-state index in [1.165, 1.54) is 4.90 Å². The number of para-hydroxylation sites is 1. The zero-order valence-corrected chi connectivity index (χ0v) is 14.4. The zero-order chi connectivity index (χ0) is 17.8. The lowest BCUT2D eigenvalue weighted by atomic mass is 10.1. The van der Waals surface area contributed by atoms with Gasteiger partial charge in [0.25, 0.3) is 0 Å². The van der Waals surface area contributed by atoms with Crippen molar-refractivity contribution >= 4 is 22.7 Å². The van der Waals surface area contributed by atoms with E-state index in [2.05, 4.69) is 11.4 Å². The van der Waals surface area contributed by atoms with Gasteiger partial charge >= 0.3 is 0 Å². The molecule has 5 nitrogen and oxygen atoms in total. The van der Waals surface area contributed by atoms with Crippen molar-refractivity contribution in [2.24, 2.45) is 0 Å². The van der Waals surface area contributed by atoms with Crippen molar-refractivity contribution in [3.63, 3.8) is 0 Å². The second kappa shape index (κ2) is 7.21. The Bertz CT molecular complexity index is 898. The number of likely N-dealkylation sites (N-methyl/N-ethyl adjacent to an activating group) is 1. The Balaban J connectivity index is 1.89. The van der Waals surface area contributed by atoms with Gasteiger partial charge < -0.3 is 14.8 Å². The van der Waals surface area contributed by atoms with Gasteiger partial charge in [-0.15, -0.1) is 0 Å². The van der Waals surface area contributed by atoms with Gasteiger partial charge in [-0.05, 0) is 17.7 Å². The van der Waals surface area contributed by atoms with Gasteiger partial charge in [0.1, 0.15) is 6.54 Å². The Labute approximate surface area is 146 Å². The molecule has 0 spiro atoms. The van der Waals surface area contributed by atoms with Gasteiger partial charge in [-0.3, -0.25) is 9.59 Å². The molecule has 0 aliphatic heterocycles. The van der Waals surface area contributed by atoms with Crippen LogP contribution in [0.15, 0.2) is 60.7 Å². The summed E-state index contributed by atoms with van der Waals surface area (Å²) in [6, 6.07) is 20.0. The number of aromatic nitrogens is 1. The smallest absolute Gasteiger partial charge is 0.241 e. The molecule has 0 radical (unpaired) electrons. The zero-order valence-electron chi connectivity index (χ0n) is 14.4. The van der Waals surface area contributed by atoms with Crippen molar-refractivity contribution in [1.29, 1.82) is 0 Å². The number of nitrogens with zero attached hydrogens (tertiary/aromatic N) is 2. The summed E-state index contributed by atoms with van der Waals surface area (Å²) in [7, 11) is 3.34. The second-order valence-corrected chi connectivity index (χ2v) is 6.11. The third-order valence-electron chi connectivity index (χ3n) is 4.12. The average molecular weight is 335 g/mol. The molecule has 0 atom stereocenters. The minimum Gasteiger partial charge on any atom is -0.347 e. The van der Waals surface area contributed by atoms with Crippen molar-refractivity contribution < 1.29 is 9.59 Å². The largest absolute Gasteiger partial charge is 0.347 e. The van der Waals surface area contributed by atoms with Crippen molar-refractivity contribution in [1.82, 2.24) is 14.8 Å². The molecule has 1 aromatic heterocycles. The summed E-state index contributed by atoms with van der Waals surface area (Å²) >= 11 is 0. The van der Waals surface area contributed by atoms with E-state index in [1.54, 1.807) is 14.1 Å². The molecule has 0 fully saturated rings. The van der Waals surface area contributed by atoms with E-state index in [9.17, 15) is 9.59 Å². The summed E-state index contributed by atoms with van der Waals surface area (Å²) in [5.74, 6) is -0.317. The maximum Gasteiger partial charge on any atom is 0.241 e.